The van der Waals surface area contributed by atoms with Crippen molar-refractivity contribution in [2.45, 2.75) is 50.9 Å². The quantitative estimate of drug-likeness (QED) is 0.762. The van der Waals surface area contributed by atoms with E-state index in [1.54, 1.807) is 24.7 Å². The second-order valence-electron chi connectivity index (χ2n) is 7.67. The van der Waals surface area contributed by atoms with Gasteiger partial charge in [-0.3, -0.25) is 4.79 Å². The topological polar surface area (TPSA) is 56.2 Å². The number of benzene rings is 1. The van der Waals surface area contributed by atoms with Crippen LogP contribution >= 0.6 is 11.6 Å². The molecule has 1 N–H and O–H groups in total. The molecule has 1 aromatic heterocycles. The van der Waals surface area contributed by atoms with E-state index < -0.39 is 12.6 Å². The second kappa shape index (κ2) is 7.89. The molecule has 2 aliphatic rings. The van der Waals surface area contributed by atoms with Crippen LogP contribution in [0.15, 0.2) is 24.7 Å². The highest BCUT2D eigenvalue weighted by molar-refractivity contribution is 6.33. The number of rotatable bonds is 3. The fourth-order valence-corrected chi connectivity index (χ4v) is 4.41. The summed E-state index contributed by atoms with van der Waals surface area (Å²) in [7, 11) is 0. The number of carbonyl (C=O) groups is 1. The molecule has 0 saturated heterocycles. The molecule has 0 unspecified atom stereocenters. The van der Waals surface area contributed by atoms with Gasteiger partial charge in [0.1, 0.15) is 12.4 Å². The normalized spacial score (nSPS) is 21.5. The van der Waals surface area contributed by atoms with Crippen molar-refractivity contribution in [1.29, 1.82) is 0 Å². The first-order valence-corrected chi connectivity index (χ1v) is 10.0. The third-order valence-corrected chi connectivity index (χ3v) is 5.86. The SMILES string of the molecule is O=C(NC1CCC(CC(F)(F)F)CC1)c1cc(Cl)c2c(c1)-c1cncn1CCO2. The Morgan fingerprint density at radius 1 is 1.28 bits per heavy atom. The van der Waals surface area contributed by atoms with Crippen molar-refractivity contribution in [2.24, 2.45) is 5.92 Å². The zero-order valence-corrected chi connectivity index (χ0v) is 16.4. The third kappa shape index (κ3) is 4.52. The number of nitrogens with zero attached hydrogens (tertiary/aromatic N) is 2. The molecule has 5 nitrogen and oxygen atoms in total. The molecule has 29 heavy (non-hydrogen) atoms. The summed E-state index contributed by atoms with van der Waals surface area (Å²) in [5.74, 6) is -0.123. The van der Waals surface area contributed by atoms with Crippen LogP contribution in [0, 0.1) is 5.92 Å². The number of fused-ring (bicyclic) bond motifs is 3. The van der Waals surface area contributed by atoms with E-state index in [4.69, 9.17) is 16.3 Å². The fraction of sp³-hybridized carbons (Fsp3) is 0.500. The zero-order chi connectivity index (χ0) is 20.6. The minimum Gasteiger partial charge on any atom is -0.489 e. The molecule has 9 heteroatoms. The average molecular weight is 428 g/mol. The first-order valence-electron chi connectivity index (χ1n) is 9.64. The minimum atomic E-state index is -4.13. The van der Waals surface area contributed by atoms with Gasteiger partial charge in [0.05, 0.1) is 29.8 Å². The Bertz CT molecular complexity index is 905. The highest BCUT2D eigenvalue weighted by atomic mass is 35.5. The Balaban J connectivity index is 1.47. The molecule has 156 valence electrons. The van der Waals surface area contributed by atoms with Gasteiger partial charge in [-0.15, -0.1) is 0 Å². The molecule has 0 radical (unpaired) electrons. The molecule has 0 spiro atoms. The second-order valence-corrected chi connectivity index (χ2v) is 8.07. The number of aromatic nitrogens is 2. The predicted molar refractivity (Wildman–Crippen MR) is 102 cm³/mol. The Kier molecular flexibility index (Phi) is 5.46. The van der Waals surface area contributed by atoms with Gasteiger partial charge in [0.15, 0.2) is 0 Å². The lowest BCUT2D eigenvalue weighted by Gasteiger charge is -2.29. The van der Waals surface area contributed by atoms with Crippen LogP contribution in [-0.2, 0) is 6.54 Å². The largest absolute Gasteiger partial charge is 0.489 e. The van der Waals surface area contributed by atoms with Crippen LogP contribution in [0.25, 0.3) is 11.3 Å². The van der Waals surface area contributed by atoms with Crippen molar-refractivity contribution >= 4 is 17.5 Å². The molecule has 1 aromatic carbocycles. The van der Waals surface area contributed by atoms with Crippen molar-refractivity contribution in [3.05, 3.63) is 35.2 Å². The summed E-state index contributed by atoms with van der Waals surface area (Å²) >= 11 is 6.38. The maximum Gasteiger partial charge on any atom is 0.389 e. The van der Waals surface area contributed by atoms with Gasteiger partial charge in [0, 0.05) is 23.6 Å². The number of amides is 1. The molecular formula is C20H21ClF3N3O2. The van der Waals surface area contributed by atoms with Crippen molar-refractivity contribution < 1.29 is 22.7 Å². The van der Waals surface area contributed by atoms with E-state index in [1.165, 1.54) is 0 Å². The van der Waals surface area contributed by atoms with E-state index in [0.717, 1.165) is 5.69 Å². The first kappa shape index (κ1) is 20.1. The van der Waals surface area contributed by atoms with Crippen LogP contribution in [0.4, 0.5) is 13.2 Å². The fourth-order valence-electron chi connectivity index (χ4n) is 4.14. The first-order chi connectivity index (χ1) is 13.8. The van der Waals surface area contributed by atoms with Crippen molar-refractivity contribution in [1.82, 2.24) is 14.9 Å². The van der Waals surface area contributed by atoms with Crippen LogP contribution in [-0.4, -0.2) is 34.3 Å². The number of alkyl halides is 3. The van der Waals surface area contributed by atoms with Gasteiger partial charge in [0.25, 0.3) is 5.91 Å². The highest BCUT2D eigenvalue weighted by Gasteiger charge is 2.34. The minimum absolute atomic E-state index is 0.133. The molecule has 4 rings (SSSR count). The van der Waals surface area contributed by atoms with E-state index in [-0.39, 0.29) is 17.9 Å². The summed E-state index contributed by atoms with van der Waals surface area (Å²) in [6, 6.07) is 3.16. The monoisotopic (exact) mass is 427 g/mol. The van der Waals surface area contributed by atoms with Gasteiger partial charge in [-0.25, -0.2) is 4.98 Å². The van der Waals surface area contributed by atoms with Gasteiger partial charge in [-0.1, -0.05) is 11.6 Å². The molecule has 2 heterocycles. The van der Waals surface area contributed by atoms with E-state index in [0.29, 0.717) is 60.7 Å². The van der Waals surface area contributed by atoms with Crippen LogP contribution in [0.5, 0.6) is 5.75 Å². The lowest BCUT2D eigenvalue weighted by molar-refractivity contribution is -0.146. The van der Waals surface area contributed by atoms with Gasteiger partial charge in [0.2, 0.25) is 0 Å². The molecule has 2 aromatic rings. The van der Waals surface area contributed by atoms with E-state index in [2.05, 4.69) is 10.3 Å². The van der Waals surface area contributed by atoms with Crippen LogP contribution in [0.3, 0.4) is 0 Å². The van der Waals surface area contributed by atoms with Crippen LogP contribution < -0.4 is 10.1 Å². The average Bonchev–Trinajstić information content (AvgIpc) is 3.04. The van der Waals surface area contributed by atoms with Gasteiger partial charge in [-0.2, -0.15) is 13.2 Å². The standard InChI is InChI=1S/C20H21ClF3N3O2/c21-16-8-13(7-15-17-10-25-11-27(17)5-6-29-18(15)16)19(28)26-14-3-1-12(2-4-14)9-20(22,23)24/h7-8,10-12,14H,1-6,9H2,(H,26,28). The van der Waals surface area contributed by atoms with E-state index >= 15 is 0 Å². The number of hydrogen-bond donors (Lipinski definition) is 1. The Morgan fingerprint density at radius 3 is 2.76 bits per heavy atom. The molecule has 1 amide bonds. The Labute approximate surface area is 171 Å². The number of nitrogens with one attached hydrogen (secondary N) is 1. The number of carbonyl (C=O) groups excluding carboxylic acids is 1. The van der Waals surface area contributed by atoms with Crippen molar-refractivity contribution in [3.8, 4) is 17.0 Å². The lowest BCUT2D eigenvalue weighted by Crippen LogP contribution is -2.38. The van der Waals surface area contributed by atoms with Gasteiger partial charge < -0.3 is 14.6 Å². The number of imidazole rings is 1. The maximum atomic E-state index is 12.8. The predicted octanol–water partition coefficient (Wildman–Crippen LogP) is 4.84. The Morgan fingerprint density at radius 2 is 2.03 bits per heavy atom. The van der Waals surface area contributed by atoms with E-state index in [9.17, 15) is 18.0 Å². The van der Waals surface area contributed by atoms with Gasteiger partial charge in [-0.05, 0) is 43.7 Å². The van der Waals surface area contributed by atoms with Crippen molar-refractivity contribution in [2.75, 3.05) is 6.61 Å². The third-order valence-electron chi connectivity index (χ3n) is 5.57. The van der Waals surface area contributed by atoms with E-state index in [1.807, 2.05) is 4.57 Å². The molecule has 0 bridgehead atoms. The highest BCUT2D eigenvalue weighted by Crippen LogP contribution is 2.39. The Hall–Kier alpha value is -2.22. The number of ether oxygens (including phenoxy) is 1. The molecule has 1 saturated carbocycles. The summed E-state index contributed by atoms with van der Waals surface area (Å²) < 4.78 is 45.4. The summed E-state index contributed by atoms with van der Waals surface area (Å²) in [6.07, 6.45) is 0.532. The maximum absolute atomic E-state index is 12.8. The number of hydrogen-bond acceptors (Lipinski definition) is 3. The summed E-state index contributed by atoms with van der Waals surface area (Å²) in [5.41, 5.74) is 1.91. The molecular weight excluding hydrogens is 407 g/mol. The summed E-state index contributed by atoms with van der Waals surface area (Å²) in [5, 5.41) is 3.29. The smallest absolute Gasteiger partial charge is 0.389 e. The summed E-state index contributed by atoms with van der Waals surface area (Å²) in [6.45, 7) is 1.08. The van der Waals surface area contributed by atoms with Gasteiger partial charge >= 0.3 is 6.18 Å². The lowest BCUT2D eigenvalue weighted by atomic mass is 9.84. The zero-order valence-electron chi connectivity index (χ0n) is 15.6. The molecule has 0 atom stereocenters. The van der Waals surface area contributed by atoms with Crippen LogP contribution in [0.2, 0.25) is 5.02 Å². The van der Waals surface area contributed by atoms with Crippen molar-refractivity contribution in [3.63, 3.8) is 0 Å². The molecule has 1 fully saturated rings. The molecule has 1 aliphatic carbocycles. The summed E-state index contributed by atoms with van der Waals surface area (Å²) in [4.78, 5) is 16.9. The molecule has 1 aliphatic heterocycles. The van der Waals surface area contributed by atoms with Crippen LogP contribution in [0.1, 0.15) is 42.5 Å². The number of halogens is 4.